The van der Waals surface area contributed by atoms with E-state index in [1.54, 1.807) is 17.1 Å². The molecule has 1 aromatic carbocycles. The van der Waals surface area contributed by atoms with Crippen LogP contribution in [-0.2, 0) is 6.54 Å². The maximum absolute atomic E-state index is 12.1. The van der Waals surface area contributed by atoms with E-state index in [0.717, 1.165) is 11.3 Å². The highest BCUT2D eigenvalue weighted by Gasteiger charge is 2.13. The van der Waals surface area contributed by atoms with Crippen LogP contribution in [0.25, 0.3) is 11.3 Å². The maximum atomic E-state index is 12.1. The van der Waals surface area contributed by atoms with Crippen LogP contribution in [0, 0.1) is 11.3 Å². The minimum atomic E-state index is -0.451. The van der Waals surface area contributed by atoms with E-state index in [0.29, 0.717) is 11.4 Å². The summed E-state index contributed by atoms with van der Waals surface area (Å²) in [5.41, 5.74) is 2.22. The Morgan fingerprint density at radius 2 is 2.12 bits per heavy atom. The molecule has 26 heavy (non-hydrogen) atoms. The number of nitrogens with zero attached hydrogens (tertiary/aromatic N) is 4. The molecule has 0 radical (unpaired) electrons. The molecule has 0 aliphatic rings. The number of benzene rings is 1. The van der Waals surface area contributed by atoms with Gasteiger partial charge < -0.3 is 10.3 Å². The molecule has 8 nitrogen and oxygen atoms in total. The van der Waals surface area contributed by atoms with E-state index < -0.39 is 6.03 Å². The van der Waals surface area contributed by atoms with Crippen molar-refractivity contribution in [2.75, 3.05) is 5.32 Å². The SMILES string of the molecule is CC(C)n1cc(C#N)c(NC(=O)NCc2ncc(-c3ccccc3)[nH]2)n1. The Labute approximate surface area is 150 Å². The fourth-order valence-electron chi connectivity index (χ4n) is 2.36. The van der Waals surface area contributed by atoms with Gasteiger partial charge in [-0.05, 0) is 19.4 Å². The first-order valence-corrected chi connectivity index (χ1v) is 8.20. The summed E-state index contributed by atoms with van der Waals surface area (Å²) < 4.78 is 1.63. The van der Waals surface area contributed by atoms with Crippen molar-refractivity contribution in [3.8, 4) is 17.3 Å². The van der Waals surface area contributed by atoms with Gasteiger partial charge in [0, 0.05) is 12.2 Å². The molecule has 0 aliphatic heterocycles. The summed E-state index contributed by atoms with van der Waals surface area (Å²) in [5.74, 6) is 0.871. The number of amides is 2. The van der Waals surface area contributed by atoms with Crippen molar-refractivity contribution >= 4 is 11.8 Å². The lowest BCUT2D eigenvalue weighted by Gasteiger charge is -2.05. The number of urea groups is 1. The molecule has 3 N–H and O–H groups in total. The van der Waals surface area contributed by atoms with Crippen LogP contribution in [0.3, 0.4) is 0 Å². The zero-order chi connectivity index (χ0) is 18.5. The third kappa shape index (κ3) is 3.89. The van der Waals surface area contributed by atoms with Crippen molar-refractivity contribution in [2.24, 2.45) is 0 Å². The monoisotopic (exact) mass is 349 g/mol. The molecule has 0 unspecified atom stereocenters. The number of imidazole rings is 1. The molecule has 2 aromatic heterocycles. The van der Waals surface area contributed by atoms with Gasteiger partial charge in [-0.25, -0.2) is 9.78 Å². The van der Waals surface area contributed by atoms with Crippen LogP contribution >= 0.6 is 0 Å². The number of carbonyl (C=O) groups is 1. The Morgan fingerprint density at radius 3 is 2.81 bits per heavy atom. The summed E-state index contributed by atoms with van der Waals surface area (Å²) in [6, 6.07) is 11.5. The van der Waals surface area contributed by atoms with Gasteiger partial charge >= 0.3 is 6.03 Å². The zero-order valence-electron chi connectivity index (χ0n) is 14.5. The van der Waals surface area contributed by atoms with Crippen LogP contribution in [0.15, 0.2) is 42.7 Å². The van der Waals surface area contributed by atoms with Gasteiger partial charge in [0.15, 0.2) is 5.82 Å². The largest absolute Gasteiger partial charge is 0.341 e. The topological polar surface area (TPSA) is 111 Å². The number of rotatable bonds is 5. The van der Waals surface area contributed by atoms with Crippen molar-refractivity contribution in [1.29, 1.82) is 5.26 Å². The molecule has 8 heteroatoms. The van der Waals surface area contributed by atoms with Crippen molar-refractivity contribution in [3.63, 3.8) is 0 Å². The molecule has 0 spiro atoms. The van der Waals surface area contributed by atoms with Gasteiger partial charge in [0.25, 0.3) is 0 Å². The van der Waals surface area contributed by atoms with Crippen LogP contribution in [0.5, 0.6) is 0 Å². The predicted octanol–water partition coefficient (Wildman–Crippen LogP) is 3.05. The second-order valence-electron chi connectivity index (χ2n) is 5.99. The number of H-pyrrole nitrogens is 1. The first-order valence-electron chi connectivity index (χ1n) is 8.20. The third-order valence-electron chi connectivity index (χ3n) is 3.74. The van der Waals surface area contributed by atoms with Gasteiger partial charge in [0.2, 0.25) is 0 Å². The lowest BCUT2D eigenvalue weighted by Crippen LogP contribution is -2.29. The molecule has 0 saturated carbocycles. The molecule has 3 aromatic rings. The Bertz CT molecular complexity index is 934. The van der Waals surface area contributed by atoms with Crippen LogP contribution in [0.4, 0.5) is 10.6 Å². The highest BCUT2D eigenvalue weighted by molar-refractivity contribution is 5.89. The second-order valence-corrected chi connectivity index (χ2v) is 5.99. The number of carbonyl (C=O) groups excluding carboxylic acids is 1. The van der Waals surface area contributed by atoms with Gasteiger partial charge in [0.05, 0.1) is 18.4 Å². The van der Waals surface area contributed by atoms with Crippen molar-refractivity contribution in [2.45, 2.75) is 26.4 Å². The zero-order valence-corrected chi connectivity index (χ0v) is 14.5. The Kier molecular flexibility index (Phi) is 4.99. The summed E-state index contributed by atoms with van der Waals surface area (Å²) in [4.78, 5) is 19.5. The quantitative estimate of drug-likeness (QED) is 0.657. The van der Waals surface area contributed by atoms with Gasteiger partial charge in [-0.3, -0.25) is 10.00 Å². The second kappa shape index (κ2) is 7.53. The van der Waals surface area contributed by atoms with E-state index in [4.69, 9.17) is 5.26 Å². The molecule has 0 fully saturated rings. The van der Waals surface area contributed by atoms with Crippen LogP contribution in [0.1, 0.15) is 31.3 Å². The molecule has 132 valence electrons. The molecule has 2 amide bonds. The lowest BCUT2D eigenvalue weighted by molar-refractivity contribution is 0.251. The molecule has 0 aliphatic carbocycles. The summed E-state index contributed by atoms with van der Waals surface area (Å²) in [7, 11) is 0. The van der Waals surface area contributed by atoms with Gasteiger partial charge in [-0.1, -0.05) is 30.3 Å². The third-order valence-corrected chi connectivity index (χ3v) is 3.74. The number of aromatic nitrogens is 4. The van der Waals surface area contributed by atoms with Crippen molar-refractivity contribution in [1.82, 2.24) is 25.1 Å². The normalized spacial score (nSPS) is 10.5. The molecular formula is C18H19N7O. The molecule has 0 saturated heterocycles. The van der Waals surface area contributed by atoms with E-state index in [2.05, 4.69) is 25.7 Å². The lowest BCUT2D eigenvalue weighted by atomic mass is 10.2. The summed E-state index contributed by atoms with van der Waals surface area (Å²) in [6.07, 6.45) is 3.33. The minimum Gasteiger partial charge on any atom is -0.341 e. The number of aromatic amines is 1. The Morgan fingerprint density at radius 1 is 1.35 bits per heavy atom. The van der Waals surface area contributed by atoms with Crippen LogP contribution in [-0.4, -0.2) is 25.8 Å². The maximum Gasteiger partial charge on any atom is 0.320 e. The van der Waals surface area contributed by atoms with Gasteiger partial charge in [-0.15, -0.1) is 0 Å². The molecule has 3 rings (SSSR count). The molecule has 2 heterocycles. The molecular weight excluding hydrogens is 330 g/mol. The number of nitriles is 1. The number of hydrogen-bond donors (Lipinski definition) is 3. The van der Waals surface area contributed by atoms with E-state index in [1.165, 1.54) is 0 Å². The average Bonchev–Trinajstić information content (AvgIpc) is 3.27. The first kappa shape index (κ1) is 17.2. The van der Waals surface area contributed by atoms with Gasteiger partial charge in [-0.2, -0.15) is 10.4 Å². The van der Waals surface area contributed by atoms with Crippen LogP contribution < -0.4 is 10.6 Å². The first-order chi connectivity index (χ1) is 12.6. The number of anilines is 1. The Balaban J connectivity index is 1.60. The molecule has 0 atom stereocenters. The highest BCUT2D eigenvalue weighted by atomic mass is 16.2. The predicted molar refractivity (Wildman–Crippen MR) is 97.2 cm³/mol. The van der Waals surface area contributed by atoms with Crippen molar-refractivity contribution < 1.29 is 4.79 Å². The average molecular weight is 349 g/mol. The number of hydrogen-bond acceptors (Lipinski definition) is 4. The minimum absolute atomic E-state index is 0.0974. The van der Waals surface area contributed by atoms with Gasteiger partial charge in [0.1, 0.15) is 17.5 Å². The van der Waals surface area contributed by atoms with Crippen LogP contribution in [0.2, 0.25) is 0 Å². The summed E-state index contributed by atoms with van der Waals surface area (Å²) in [6.45, 7) is 4.11. The smallest absolute Gasteiger partial charge is 0.320 e. The van der Waals surface area contributed by atoms with E-state index in [1.807, 2.05) is 50.2 Å². The Hall–Kier alpha value is -3.60. The van der Waals surface area contributed by atoms with Crippen molar-refractivity contribution in [3.05, 3.63) is 54.1 Å². The van der Waals surface area contributed by atoms with E-state index >= 15 is 0 Å². The molecule has 0 bridgehead atoms. The fraction of sp³-hybridized carbons (Fsp3) is 0.222. The summed E-state index contributed by atoms with van der Waals surface area (Å²) in [5, 5.41) is 18.7. The number of nitrogens with one attached hydrogen (secondary N) is 3. The highest BCUT2D eigenvalue weighted by Crippen LogP contribution is 2.16. The van der Waals surface area contributed by atoms with E-state index in [9.17, 15) is 4.79 Å². The standard InChI is InChI=1S/C18H19N7O/c1-12(2)25-11-14(8-19)17(24-25)23-18(26)21-10-16-20-9-15(22-16)13-6-4-3-5-7-13/h3-7,9,11-12H,10H2,1-2H3,(H,20,22)(H2,21,23,24,26). The van der Waals surface area contributed by atoms with E-state index in [-0.39, 0.29) is 18.4 Å². The fourth-order valence-corrected chi connectivity index (χ4v) is 2.36. The summed E-state index contributed by atoms with van der Waals surface area (Å²) >= 11 is 0.